The van der Waals surface area contributed by atoms with Crippen molar-refractivity contribution in [2.45, 2.75) is 12.2 Å². The highest BCUT2D eigenvalue weighted by Gasteiger charge is 2.24. The van der Waals surface area contributed by atoms with Crippen LogP contribution in [0.2, 0.25) is 0 Å². The normalized spacial score (nSPS) is 19.9. The molecule has 0 bridgehead atoms. The molecule has 0 saturated carbocycles. The summed E-state index contributed by atoms with van der Waals surface area (Å²) in [6.45, 7) is 0. The van der Waals surface area contributed by atoms with Crippen molar-refractivity contribution in [2.24, 2.45) is 0 Å². The maximum Gasteiger partial charge on any atom is 0.110 e. The number of hydrogen-bond acceptors (Lipinski definition) is 2. The summed E-state index contributed by atoms with van der Waals surface area (Å²) in [5.74, 6) is 0. The third-order valence-electron chi connectivity index (χ3n) is 5.05. The maximum atomic E-state index is 10.5. The molecular formula is C22H16O2. The first-order valence-electron chi connectivity index (χ1n) is 8.15. The van der Waals surface area contributed by atoms with Gasteiger partial charge in [-0.15, -0.1) is 0 Å². The lowest BCUT2D eigenvalue weighted by molar-refractivity contribution is 0.0480. The summed E-state index contributed by atoms with van der Waals surface area (Å²) in [7, 11) is 0. The number of rotatable bonds is 0. The first kappa shape index (κ1) is 13.7. The second kappa shape index (κ2) is 4.91. The molecule has 2 atom stereocenters. The van der Waals surface area contributed by atoms with Crippen molar-refractivity contribution in [1.29, 1.82) is 0 Å². The molecule has 4 aromatic carbocycles. The van der Waals surface area contributed by atoms with Crippen LogP contribution in [0.5, 0.6) is 0 Å². The van der Waals surface area contributed by atoms with Crippen LogP contribution in [0, 0.1) is 0 Å². The van der Waals surface area contributed by atoms with Crippen LogP contribution < -0.4 is 0 Å². The molecule has 116 valence electrons. The zero-order chi connectivity index (χ0) is 16.3. The SMILES string of the molecule is O[C@@H]1C=Cc2ccc3cc4c(ccc5ccccc54)cc3c2[C@@H]1O. The molecule has 0 aliphatic heterocycles. The van der Waals surface area contributed by atoms with Gasteiger partial charge in [0.2, 0.25) is 0 Å². The summed E-state index contributed by atoms with van der Waals surface area (Å²) in [6.07, 6.45) is 1.80. The second-order valence-corrected chi connectivity index (χ2v) is 6.44. The Morgan fingerprint density at radius 3 is 2.29 bits per heavy atom. The minimum Gasteiger partial charge on any atom is -0.386 e. The average Bonchev–Trinajstić information content (AvgIpc) is 2.62. The van der Waals surface area contributed by atoms with Gasteiger partial charge >= 0.3 is 0 Å². The zero-order valence-electron chi connectivity index (χ0n) is 13.0. The summed E-state index contributed by atoms with van der Waals surface area (Å²) in [4.78, 5) is 0. The predicted molar refractivity (Wildman–Crippen MR) is 99.0 cm³/mol. The van der Waals surface area contributed by atoms with Crippen LogP contribution in [-0.4, -0.2) is 16.3 Å². The van der Waals surface area contributed by atoms with E-state index < -0.39 is 12.2 Å². The van der Waals surface area contributed by atoms with Crippen molar-refractivity contribution in [3.05, 3.63) is 77.9 Å². The number of benzene rings is 4. The topological polar surface area (TPSA) is 40.5 Å². The minimum atomic E-state index is -0.883. The zero-order valence-corrected chi connectivity index (χ0v) is 13.0. The van der Waals surface area contributed by atoms with E-state index in [-0.39, 0.29) is 0 Å². The van der Waals surface area contributed by atoms with E-state index in [1.54, 1.807) is 6.08 Å². The van der Waals surface area contributed by atoms with Crippen LogP contribution >= 0.6 is 0 Å². The Hall–Kier alpha value is -2.68. The second-order valence-electron chi connectivity index (χ2n) is 6.44. The van der Waals surface area contributed by atoms with Gasteiger partial charge in [-0.25, -0.2) is 0 Å². The first-order valence-corrected chi connectivity index (χ1v) is 8.15. The monoisotopic (exact) mass is 312 g/mol. The van der Waals surface area contributed by atoms with Crippen molar-refractivity contribution in [3.8, 4) is 0 Å². The molecule has 1 aliphatic carbocycles. The molecule has 24 heavy (non-hydrogen) atoms. The van der Waals surface area contributed by atoms with Gasteiger partial charge in [0.05, 0.1) is 0 Å². The van der Waals surface area contributed by atoms with Crippen molar-refractivity contribution in [1.82, 2.24) is 0 Å². The molecule has 2 heteroatoms. The summed E-state index contributed by atoms with van der Waals surface area (Å²) >= 11 is 0. The molecule has 0 fully saturated rings. The Kier molecular flexibility index (Phi) is 2.81. The van der Waals surface area contributed by atoms with Gasteiger partial charge in [0, 0.05) is 0 Å². The van der Waals surface area contributed by atoms with E-state index in [1.165, 1.54) is 16.2 Å². The highest BCUT2D eigenvalue weighted by atomic mass is 16.3. The van der Waals surface area contributed by atoms with Gasteiger partial charge in [-0.05, 0) is 55.6 Å². The molecule has 0 unspecified atom stereocenters. The lowest BCUT2D eigenvalue weighted by Gasteiger charge is -2.24. The fourth-order valence-electron chi connectivity index (χ4n) is 3.82. The molecule has 0 radical (unpaired) electrons. The summed E-state index contributed by atoms with van der Waals surface area (Å²) < 4.78 is 0. The van der Waals surface area contributed by atoms with Gasteiger partial charge < -0.3 is 10.2 Å². The summed E-state index contributed by atoms with van der Waals surface area (Å²) in [5.41, 5.74) is 1.79. The Balaban J connectivity index is 1.92. The Morgan fingerprint density at radius 1 is 0.667 bits per heavy atom. The van der Waals surface area contributed by atoms with E-state index in [0.29, 0.717) is 0 Å². The quantitative estimate of drug-likeness (QED) is 0.369. The average molecular weight is 312 g/mol. The molecule has 0 aromatic heterocycles. The maximum absolute atomic E-state index is 10.5. The molecule has 2 N–H and O–H groups in total. The van der Waals surface area contributed by atoms with Gasteiger partial charge in [0.25, 0.3) is 0 Å². The minimum absolute atomic E-state index is 0.817. The number of fused-ring (bicyclic) bond motifs is 6. The molecule has 5 rings (SSSR count). The van der Waals surface area contributed by atoms with Crippen LogP contribution in [0.1, 0.15) is 17.2 Å². The molecule has 0 amide bonds. The fourth-order valence-corrected chi connectivity index (χ4v) is 3.82. The molecule has 2 nitrogen and oxygen atoms in total. The standard InChI is InChI=1S/C22H16O2/c23-20-10-9-14-6-8-16-11-18-15(12-19(16)21(14)22(20)24)7-5-13-3-1-2-4-17(13)18/h1-12,20,22-24H/t20-,22-/m1/s1. The van der Waals surface area contributed by atoms with Gasteiger partial charge in [-0.1, -0.05) is 60.7 Å². The number of aliphatic hydroxyl groups is 2. The van der Waals surface area contributed by atoms with Gasteiger partial charge in [0.15, 0.2) is 0 Å². The molecule has 0 heterocycles. The van der Waals surface area contributed by atoms with Crippen LogP contribution in [0.3, 0.4) is 0 Å². The Morgan fingerprint density at radius 2 is 1.38 bits per heavy atom. The van der Waals surface area contributed by atoms with E-state index in [2.05, 4.69) is 54.6 Å². The number of aliphatic hydroxyl groups excluding tert-OH is 2. The molecule has 0 spiro atoms. The van der Waals surface area contributed by atoms with E-state index >= 15 is 0 Å². The van der Waals surface area contributed by atoms with Crippen molar-refractivity contribution in [3.63, 3.8) is 0 Å². The van der Waals surface area contributed by atoms with Crippen molar-refractivity contribution in [2.75, 3.05) is 0 Å². The highest BCUT2D eigenvalue weighted by molar-refractivity contribution is 6.12. The fraction of sp³-hybridized carbons (Fsp3) is 0.0909. The Labute approximate surface area is 139 Å². The van der Waals surface area contributed by atoms with Gasteiger partial charge in [0.1, 0.15) is 12.2 Å². The van der Waals surface area contributed by atoms with Crippen LogP contribution in [0.25, 0.3) is 38.4 Å². The molecular weight excluding hydrogens is 296 g/mol. The number of hydrogen-bond donors (Lipinski definition) is 2. The first-order chi connectivity index (χ1) is 11.7. The van der Waals surface area contributed by atoms with E-state index in [4.69, 9.17) is 0 Å². The van der Waals surface area contributed by atoms with E-state index in [9.17, 15) is 10.2 Å². The smallest absolute Gasteiger partial charge is 0.110 e. The van der Waals surface area contributed by atoms with Gasteiger partial charge in [-0.2, -0.15) is 0 Å². The van der Waals surface area contributed by atoms with Crippen molar-refractivity contribution < 1.29 is 10.2 Å². The van der Waals surface area contributed by atoms with E-state index in [0.717, 1.165) is 27.3 Å². The predicted octanol–water partition coefficient (Wildman–Crippen LogP) is 4.57. The Bertz CT molecular complexity index is 1140. The summed E-state index contributed by atoms with van der Waals surface area (Å²) in [5, 5.41) is 27.4. The lowest BCUT2D eigenvalue weighted by atomic mass is 9.87. The molecule has 4 aromatic rings. The van der Waals surface area contributed by atoms with Crippen LogP contribution in [-0.2, 0) is 0 Å². The molecule has 0 saturated heterocycles. The third-order valence-corrected chi connectivity index (χ3v) is 5.05. The lowest BCUT2D eigenvalue weighted by Crippen LogP contribution is -2.19. The van der Waals surface area contributed by atoms with E-state index in [1.807, 2.05) is 12.1 Å². The molecule has 1 aliphatic rings. The highest BCUT2D eigenvalue weighted by Crippen LogP contribution is 2.37. The van der Waals surface area contributed by atoms with Crippen molar-refractivity contribution >= 4 is 38.4 Å². The summed E-state index contributed by atoms with van der Waals surface area (Å²) in [6, 6.07) is 21.0. The largest absolute Gasteiger partial charge is 0.386 e. The van der Waals surface area contributed by atoms with Crippen LogP contribution in [0.4, 0.5) is 0 Å². The third kappa shape index (κ3) is 1.84. The van der Waals surface area contributed by atoms with Crippen LogP contribution in [0.15, 0.2) is 66.7 Å². The van der Waals surface area contributed by atoms with Gasteiger partial charge in [-0.3, -0.25) is 0 Å².